The second kappa shape index (κ2) is 4.00. The van der Waals surface area contributed by atoms with Gasteiger partial charge in [-0.3, -0.25) is 0 Å². The van der Waals surface area contributed by atoms with E-state index in [0.29, 0.717) is 5.75 Å². The molecule has 0 amide bonds. The molecule has 3 heteroatoms. The number of benzene rings is 3. The molecule has 84 valence electrons. The van der Waals surface area contributed by atoms with Crippen LogP contribution in [0, 0.1) is 0 Å². The summed E-state index contributed by atoms with van der Waals surface area (Å²) >= 11 is 7.21. The summed E-state index contributed by atoms with van der Waals surface area (Å²) in [6.45, 7) is 0. The highest BCUT2D eigenvalue weighted by Crippen LogP contribution is 2.42. The Hall–Kier alpha value is -1.06. The van der Waals surface area contributed by atoms with Crippen LogP contribution in [-0.4, -0.2) is 5.11 Å². The van der Waals surface area contributed by atoms with Crippen molar-refractivity contribution in [2.24, 2.45) is 0 Å². The molecule has 3 aromatic carbocycles. The van der Waals surface area contributed by atoms with Crippen LogP contribution >= 0.6 is 31.9 Å². The van der Waals surface area contributed by atoms with E-state index in [1.807, 2.05) is 30.3 Å². The van der Waals surface area contributed by atoms with Gasteiger partial charge in [0.05, 0.1) is 0 Å². The Bertz CT molecular complexity index is 735. The zero-order chi connectivity index (χ0) is 12.0. The highest BCUT2D eigenvalue weighted by molar-refractivity contribution is 9.11. The number of halogens is 2. The van der Waals surface area contributed by atoms with Gasteiger partial charge in [0.25, 0.3) is 0 Å². The maximum absolute atomic E-state index is 9.99. The lowest BCUT2D eigenvalue weighted by atomic mass is 10.0. The van der Waals surface area contributed by atoms with E-state index < -0.39 is 0 Å². The topological polar surface area (TPSA) is 20.2 Å². The quantitative estimate of drug-likeness (QED) is 0.550. The maximum atomic E-state index is 9.99. The number of phenolic OH excluding ortho intramolecular Hbond substituents is 1. The molecule has 0 atom stereocenters. The summed E-state index contributed by atoms with van der Waals surface area (Å²) < 4.78 is 1.95. The molecule has 0 saturated heterocycles. The lowest BCUT2D eigenvalue weighted by Gasteiger charge is -2.10. The van der Waals surface area contributed by atoms with Crippen LogP contribution in [0.3, 0.4) is 0 Å². The third-order valence-corrected chi connectivity index (χ3v) is 4.58. The molecular weight excluding hydrogens is 344 g/mol. The minimum Gasteiger partial charge on any atom is -0.507 e. The maximum Gasteiger partial charge on any atom is 0.124 e. The van der Waals surface area contributed by atoms with E-state index >= 15 is 0 Å². The third-order valence-electron chi connectivity index (χ3n) is 2.90. The molecule has 3 aromatic rings. The lowest BCUT2D eigenvalue weighted by molar-refractivity contribution is 0.481. The van der Waals surface area contributed by atoms with Crippen molar-refractivity contribution in [2.75, 3.05) is 0 Å². The highest BCUT2D eigenvalue weighted by atomic mass is 79.9. The SMILES string of the molecule is Oc1cccc2c(Br)c3ccccc3c(Br)c12. The molecule has 0 fully saturated rings. The van der Waals surface area contributed by atoms with Gasteiger partial charge in [-0.15, -0.1) is 0 Å². The fourth-order valence-electron chi connectivity index (χ4n) is 2.10. The number of phenols is 1. The molecule has 0 unspecified atom stereocenters. The molecule has 0 spiro atoms. The molecular formula is C14H8Br2O. The van der Waals surface area contributed by atoms with Gasteiger partial charge >= 0.3 is 0 Å². The Labute approximate surface area is 115 Å². The fraction of sp³-hybridized carbons (Fsp3) is 0. The molecule has 0 bridgehead atoms. The first-order valence-corrected chi connectivity index (χ1v) is 6.76. The van der Waals surface area contributed by atoms with Crippen molar-refractivity contribution in [3.63, 3.8) is 0 Å². The Balaban J connectivity index is 2.69. The van der Waals surface area contributed by atoms with Gasteiger partial charge < -0.3 is 5.11 Å². The van der Waals surface area contributed by atoms with Crippen molar-refractivity contribution in [1.82, 2.24) is 0 Å². The molecule has 0 radical (unpaired) electrons. The molecule has 3 rings (SSSR count). The van der Waals surface area contributed by atoms with E-state index in [4.69, 9.17) is 0 Å². The summed E-state index contributed by atoms with van der Waals surface area (Å²) in [7, 11) is 0. The zero-order valence-electron chi connectivity index (χ0n) is 8.74. The van der Waals surface area contributed by atoms with Crippen LogP contribution in [0.4, 0.5) is 0 Å². The van der Waals surface area contributed by atoms with Crippen molar-refractivity contribution in [3.8, 4) is 5.75 Å². The van der Waals surface area contributed by atoms with Crippen LogP contribution in [0.1, 0.15) is 0 Å². The average Bonchev–Trinajstić information content (AvgIpc) is 2.36. The van der Waals surface area contributed by atoms with Gasteiger partial charge in [0.1, 0.15) is 5.75 Å². The monoisotopic (exact) mass is 350 g/mol. The number of aromatic hydroxyl groups is 1. The summed E-state index contributed by atoms with van der Waals surface area (Å²) in [5, 5.41) is 14.1. The van der Waals surface area contributed by atoms with Gasteiger partial charge in [0.15, 0.2) is 0 Å². The predicted octanol–water partition coefficient (Wildman–Crippen LogP) is 5.22. The minimum absolute atomic E-state index is 0.292. The fourth-order valence-corrected chi connectivity index (χ4v) is 3.54. The summed E-state index contributed by atoms with van der Waals surface area (Å²) in [4.78, 5) is 0. The predicted molar refractivity (Wildman–Crippen MR) is 78.5 cm³/mol. The summed E-state index contributed by atoms with van der Waals surface area (Å²) in [6, 6.07) is 13.7. The third kappa shape index (κ3) is 1.57. The van der Waals surface area contributed by atoms with E-state index in [-0.39, 0.29) is 0 Å². The second-order valence-electron chi connectivity index (χ2n) is 3.87. The van der Waals surface area contributed by atoms with Crippen molar-refractivity contribution in [1.29, 1.82) is 0 Å². The Morgan fingerprint density at radius 1 is 0.706 bits per heavy atom. The highest BCUT2D eigenvalue weighted by Gasteiger charge is 2.12. The Morgan fingerprint density at radius 3 is 2.00 bits per heavy atom. The first kappa shape index (κ1) is 11.1. The first-order chi connectivity index (χ1) is 8.20. The molecule has 1 N–H and O–H groups in total. The zero-order valence-corrected chi connectivity index (χ0v) is 11.9. The van der Waals surface area contributed by atoms with E-state index in [1.165, 1.54) is 0 Å². The summed E-state index contributed by atoms with van der Waals surface area (Å²) in [5.41, 5.74) is 0. The van der Waals surface area contributed by atoms with E-state index in [1.54, 1.807) is 6.07 Å². The van der Waals surface area contributed by atoms with Crippen LogP contribution in [0.25, 0.3) is 21.5 Å². The Morgan fingerprint density at radius 2 is 1.29 bits per heavy atom. The van der Waals surface area contributed by atoms with Crippen molar-refractivity contribution in [2.45, 2.75) is 0 Å². The van der Waals surface area contributed by atoms with E-state index in [2.05, 4.69) is 37.9 Å². The van der Waals surface area contributed by atoms with E-state index in [9.17, 15) is 5.11 Å². The molecule has 0 aromatic heterocycles. The largest absolute Gasteiger partial charge is 0.507 e. The molecule has 0 aliphatic carbocycles. The molecule has 0 aliphatic heterocycles. The van der Waals surface area contributed by atoms with E-state index in [0.717, 1.165) is 30.5 Å². The van der Waals surface area contributed by atoms with Gasteiger partial charge in [-0.25, -0.2) is 0 Å². The number of fused-ring (bicyclic) bond motifs is 2. The van der Waals surface area contributed by atoms with Gasteiger partial charge in [-0.2, -0.15) is 0 Å². The van der Waals surface area contributed by atoms with Gasteiger partial charge in [-0.1, -0.05) is 36.4 Å². The minimum atomic E-state index is 0.292. The Kier molecular flexibility index (Phi) is 2.60. The van der Waals surface area contributed by atoms with Crippen LogP contribution in [0.5, 0.6) is 5.75 Å². The molecule has 17 heavy (non-hydrogen) atoms. The summed E-state index contributed by atoms with van der Waals surface area (Å²) in [6.07, 6.45) is 0. The van der Waals surface area contributed by atoms with Gasteiger partial charge in [0, 0.05) is 19.7 Å². The van der Waals surface area contributed by atoms with Crippen molar-refractivity contribution < 1.29 is 5.11 Å². The second-order valence-corrected chi connectivity index (χ2v) is 5.46. The van der Waals surface area contributed by atoms with Crippen LogP contribution in [0.15, 0.2) is 51.4 Å². The molecule has 0 aliphatic rings. The lowest BCUT2D eigenvalue weighted by Crippen LogP contribution is -1.83. The number of hydrogen-bond donors (Lipinski definition) is 1. The number of rotatable bonds is 0. The average molecular weight is 352 g/mol. The van der Waals surface area contributed by atoms with Crippen LogP contribution in [-0.2, 0) is 0 Å². The van der Waals surface area contributed by atoms with Crippen LogP contribution < -0.4 is 0 Å². The van der Waals surface area contributed by atoms with Crippen LogP contribution in [0.2, 0.25) is 0 Å². The van der Waals surface area contributed by atoms with Crippen molar-refractivity contribution >= 4 is 53.4 Å². The normalized spacial score (nSPS) is 11.2. The smallest absolute Gasteiger partial charge is 0.124 e. The molecule has 0 heterocycles. The van der Waals surface area contributed by atoms with Gasteiger partial charge in [-0.05, 0) is 48.7 Å². The number of hydrogen-bond acceptors (Lipinski definition) is 1. The summed E-state index contributed by atoms with van der Waals surface area (Å²) in [5.74, 6) is 0.292. The van der Waals surface area contributed by atoms with Gasteiger partial charge in [0.2, 0.25) is 0 Å². The first-order valence-electron chi connectivity index (χ1n) is 5.17. The molecule has 0 saturated carbocycles. The molecule has 1 nitrogen and oxygen atoms in total. The standard InChI is InChI=1S/C14H8Br2O/c15-13-8-4-1-2-5-9(8)14(16)12-10(13)6-3-7-11(12)17/h1-7,17H. The van der Waals surface area contributed by atoms with Crippen molar-refractivity contribution in [3.05, 3.63) is 51.4 Å².